The van der Waals surface area contributed by atoms with Gasteiger partial charge in [-0.2, -0.15) is 5.26 Å². The molecular weight excluding hydrogens is 337 g/mol. The highest BCUT2D eigenvalue weighted by atomic mass is 19.1. The topological polar surface area (TPSA) is 82.4 Å². The Hall–Kier alpha value is -3.40. The molecule has 0 saturated carbocycles. The molecule has 7 heteroatoms. The average Bonchev–Trinajstić information content (AvgIpc) is 2.88. The van der Waals surface area contributed by atoms with Crippen molar-refractivity contribution in [2.24, 2.45) is 0 Å². The van der Waals surface area contributed by atoms with Crippen LogP contribution in [0.5, 0.6) is 5.75 Å². The Morgan fingerprint density at radius 3 is 2.85 bits per heavy atom. The fourth-order valence-electron chi connectivity index (χ4n) is 3.47. The summed E-state index contributed by atoms with van der Waals surface area (Å²) in [5.41, 5.74) is -0.612. The van der Waals surface area contributed by atoms with Crippen LogP contribution in [0.1, 0.15) is 23.1 Å². The lowest BCUT2D eigenvalue weighted by molar-refractivity contribution is -0.133. The van der Waals surface area contributed by atoms with Crippen LogP contribution in [0.25, 0.3) is 0 Å². The summed E-state index contributed by atoms with van der Waals surface area (Å²) in [6, 6.07) is 12.5. The molecule has 1 N–H and O–H groups in total. The van der Waals surface area contributed by atoms with Gasteiger partial charge in [0.2, 0.25) is 0 Å². The Kier molecular flexibility index (Phi) is 3.62. The molecular formula is C19H14FN3O3. The third-order valence-electron chi connectivity index (χ3n) is 4.78. The van der Waals surface area contributed by atoms with E-state index in [0.29, 0.717) is 17.7 Å². The maximum absolute atomic E-state index is 14.3. The molecule has 4 rings (SSSR count). The number of carbonyl (C=O) groups excluding carboxylic acids is 2. The van der Waals surface area contributed by atoms with E-state index in [2.05, 4.69) is 5.32 Å². The number of amides is 3. The third kappa shape index (κ3) is 2.23. The van der Waals surface area contributed by atoms with Gasteiger partial charge in [-0.05, 0) is 12.1 Å². The van der Waals surface area contributed by atoms with Crippen molar-refractivity contribution in [3.63, 3.8) is 0 Å². The van der Waals surface area contributed by atoms with Crippen molar-refractivity contribution < 1.29 is 18.7 Å². The highest BCUT2D eigenvalue weighted by Crippen LogP contribution is 2.41. The van der Waals surface area contributed by atoms with Crippen molar-refractivity contribution in [1.82, 2.24) is 10.2 Å². The summed E-state index contributed by atoms with van der Waals surface area (Å²) in [6.45, 7) is 0.0476. The van der Waals surface area contributed by atoms with Crippen molar-refractivity contribution in [2.75, 3.05) is 6.61 Å². The van der Waals surface area contributed by atoms with E-state index in [9.17, 15) is 14.0 Å². The lowest BCUT2D eigenvalue weighted by Gasteiger charge is -2.33. The highest BCUT2D eigenvalue weighted by molar-refractivity contribution is 6.07. The third-order valence-corrected chi connectivity index (χ3v) is 4.78. The van der Waals surface area contributed by atoms with Crippen molar-refractivity contribution in [2.45, 2.75) is 18.5 Å². The minimum atomic E-state index is -1.20. The zero-order chi connectivity index (χ0) is 18.3. The van der Waals surface area contributed by atoms with Crippen molar-refractivity contribution in [3.05, 3.63) is 65.0 Å². The molecule has 3 amide bonds. The molecule has 6 nitrogen and oxygen atoms in total. The summed E-state index contributed by atoms with van der Waals surface area (Å²) < 4.78 is 19.9. The van der Waals surface area contributed by atoms with Crippen LogP contribution in [0.15, 0.2) is 42.5 Å². The number of urea groups is 1. The summed E-state index contributed by atoms with van der Waals surface area (Å²) in [7, 11) is 0. The Morgan fingerprint density at radius 1 is 1.23 bits per heavy atom. The first-order chi connectivity index (χ1) is 12.6. The highest BCUT2D eigenvalue weighted by Gasteiger charge is 2.54. The van der Waals surface area contributed by atoms with Gasteiger partial charge >= 0.3 is 6.03 Å². The van der Waals surface area contributed by atoms with E-state index in [0.717, 1.165) is 4.90 Å². The van der Waals surface area contributed by atoms with E-state index in [4.69, 9.17) is 10.00 Å². The monoisotopic (exact) mass is 351 g/mol. The number of halogens is 1. The molecule has 0 bridgehead atoms. The molecule has 1 atom stereocenters. The number of hydrogen-bond donors (Lipinski definition) is 1. The van der Waals surface area contributed by atoms with Gasteiger partial charge in [-0.1, -0.05) is 30.3 Å². The van der Waals surface area contributed by atoms with Crippen LogP contribution in [0, 0.1) is 17.1 Å². The van der Waals surface area contributed by atoms with Crippen LogP contribution in [-0.2, 0) is 16.9 Å². The Morgan fingerprint density at radius 2 is 2.04 bits per heavy atom. The molecule has 0 aliphatic carbocycles. The molecule has 1 saturated heterocycles. The Balaban J connectivity index is 1.71. The van der Waals surface area contributed by atoms with E-state index >= 15 is 0 Å². The first kappa shape index (κ1) is 16.1. The van der Waals surface area contributed by atoms with E-state index in [1.54, 1.807) is 30.3 Å². The lowest BCUT2D eigenvalue weighted by atomic mass is 9.84. The molecule has 0 radical (unpaired) electrons. The molecule has 2 heterocycles. The van der Waals surface area contributed by atoms with Gasteiger partial charge in [0.05, 0.1) is 18.7 Å². The van der Waals surface area contributed by atoms with Gasteiger partial charge in [-0.25, -0.2) is 9.18 Å². The van der Waals surface area contributed by atoms with Gasteiger partial charge in [-0.3, -0.25) is 9.69 Å². The summed E-state index contributed by atoms with van der Waals surface area (Å²) >= 11 is 0. The van der Waals surface area contributed by atoms with Crippen LogP contribution in [-0.4, -0.2) is 23.4 Å². The van der Waals surface area contributed by atoms with Crippen LogP contribution in [0.4, 0.5) is 9.18 Å². The number of nitrogens with zero attached hydrogens (tertiary/aromatic N) is 2. The first-order valence-electron chi connectivity index (χ1n) is 8.11. The SMILES string of the molecule is N#Cc1cccc(CN2C(=O)NC3(CCOc4ccccc43)C2=O)c1F. The number of hydrogen-bond acceptors (Lipinski definition) is 4. The summed E-state index contributed by atoms with van der Waals surface area (Å²) in [4.78, 5) is 26.6. The molecule has 0 aromatic heterocycles. The van der Waals surface area contributed by atoms with E-state index in [1.807, 2.05) is 0 Å². The number of carbonyl (C=O) groups is 2. The van der Waals surface area contributed by atoms with Gasteiger partial charge in [0.25, 0.3) is 5.91 Å². The number of para-hydroxylation sites is 1. The van der Waals surface area contributed by atoms with Gasteiger partial charge in [0, 0.05) is 17.5 Å². The van der Waals surface area contributed by atoms with Gasteiger partial charge in [0.1, 0.15) is 17.6 Å². The number of nitriles is 1. The number of nitrogens with one attached hydrogen (secondary N) is 1. The second-order valence-electron chi connectivity index (χ2n) is 6.21. The normalized spacial score (nSPS) is 21.2. The number of rotatable bonds is 2. The maximum atomic E-state index is 14.3. The molecule has 130 valence electrons. The molecule has 2 aliphatic heterocycles. The minimum Gasteiger partial charge on any atom is -0.493 e. The van der Waals surface area contributed by atoms with Crippen molar-refractivity contribution >= 4 is 11.9 Å². The standard InChI is InChI=1S/C19H14FN3O3/c20-16-12(10-21)4-3-5-13(16)11-23-17(24)19(22-18(23)25)8-9-26-15-7-2-1-6-14(15)19/h1-7H,8-9,11H2,(H,22,25). The molecule has 2 aromatic rings. The second-order valence-corrected chi connectivity index (χ2v) is 6.21. The predicted octanol–water partition coefficient (Wildman–Crippen LogP) is 2.43. The molecule has 2 aliphatic rings. The zero-order valence-electron chi connectivity index (χ0n) is 13.7. The smallest absolute Gasteiger partial charge is 0.325 e. The number of benzene rings is 2. The molecule has 1 unspecified atom stereocenters. The molecule has 1 fully saturated rings. The zero-order valence-corrected chi connectivity index (χ0v) is 13.7. The van der Waals surface area contributed by atoms with Crippen LogP contribution < -0.4 is 10.1 Å². The van der Waals surface area contributed by atoms with Crippen molar-refractivity contribution in [1.29, 1.82) is 5.26 Å². The van der Waals surface area contributed by atoms with Gasteiger partial charge < -0.3 is 10.1 Å². The summed E-state index contributed by atoms with van der Waals surface area (Å²) in [5, 5.41) is 11.7. The quantitative estimate of drug-likeness (QED) is 0.843. The van der Waals surface area contributed by atoms with Crippen LogP contribution in [0.2, 0.25) is 0 Å². The summed E-state index contributed by atoms with van der Waals surface area (Å²) in [6.07, 6.45) is 0.297. The fraction of sp³-hybridized carbons (Fsp3) is 0.211. The average molecular weight is 351 g/mol. The van der Waals surface area contributed by atoms with Crippen LogP contribution in [0.3, 0.4) is 0 Å². The first-order valence-corrected chi connectivity index (χ1v) is 8.11. The predicted molar refractivity (Wildman–Crippen MR) is 88.4 cm³/mol. The molecule has 26 heavy (non-hydrogen) atoms. The molecule has 1 spiro atoms. The lowest BCUT2D eigenvalue weighted by Crippen LogP contribution is -2.47. The van der Waals surface area contributed by atoms with E-state index in [1.165, 1.54) is 18.2 Å². The number of ether oxygens (including phenoxy) is 1. The largest absolute Gasteiger partial charge is 0.493 e. The van der Waals surface area contributed by atoms with Gasteiger partial charge in [-0.15, -0.1) is 0 Å². The van der Waals surface area contributed by atoms with E-state index in [-0.39, 0.29) is 24.3 Å². The van der Waals surface area contributed by atoms with Crippen molar-refractivity contribution in [3.8, 4) is 11.8 Å². The number of imide groups is 1. The maximum Gasteiger partial charge on any atom is 0.325 e. The minimum absolute atomic E-state index is 0.116. The molecule has 2 aromatic carbocycles. The van der Waals surface area contributed by atoms with Crippen LogP contribution >= 0.6 is 0 Å². The summed E-state index contributed by atoms with van der Waals surface area (Å²) in [5.74, 6) is -0.615. The van der Waals surface area contributed by atoms with E-state index < -0.39 is 23.3 Å². The second kappa shape index (κ2) is 5.85. The Labute approximate surface area is 148 Å². The number of fused-ring (bicyclic) bond motifs is 2. The Bertz CT molecular complexity index is 969. The van der Waals surface area contributed by atoms with Gasteiger partial charge in [0.15, 0.2) is 5.54 Å². The fourth-order valence-corrected chi connectivity index (χ4v) is 3.47.